The molecule has 98 valence electrons. The maximum absolute atomic E-state index is 11.0. The van der Waals surface area contributed by atoms with Crippen molar-refractivity contribution in [1.82, 2.24) is 4.98 Å². The Morgan fingerprint density at radius 1 is 1.16 bits per heavy atom. The van der Waals surface area contributed by atoms with Gasteiger partial charge in [-0.05, 0) is 50.1 Å². The summed E-state index contributed by atoms with van der Waals surface area (Å²) in [6.07, 6.45) is 1.50. The highest BCUT2D eigenvalue weighted by atomic mass is 79.9. The van der Waals surface area contributed by atoms with Gasteiger partial charge >= 0.3 is 5.69 Å². The fourth-order valence-electron chi connectivity index (χ4n) is 1.38. The van der Waals surface area contributed by atoms with Crippen LogP contribution < -0.4 is 5.32 Å². The summed E-state index contributed by atoms with van der Waals surface area (Å²) >= 11 is 9.88. The minimum atomic E-state index is -0.480. The minimum Gasteiger partial charge on any atom is -0.333 e. The molecule has 0 radical (unpaired) electrons. The van der Waals surface area contributed by atoms with E-state index >= 15 is 0 Å². The lowest BCUT2D eigenvalue weighted by Crippen LogP contribution is -2.00. The van der Waals surface area contributed by atoms with Gasteiger partial charge in [0, 0.05) is 25.7 Å². The topological polar surface area (TPSA) is 68.1 Å². The summed E-state index contributed by atoms with van der Waals surface area (Å²) in [6.45, 7) is 0. The third-order valence-electron chi connectivity index (χ3n) is 2.21. The second-order valence-corrected chi connectivity index (χ2v) is 6.21. The zero-order chi connectivity index (χ0) is 14.0. The van der Waals surface area contributed by atoms with Crippen LogP contribution in [0.3, 0.4) is 0 Å². The van der Waals surface area contributed by atoms with Crippen LogP contribution in [0.25, 0.3) is 0 Å². The van der Waals surface area contributed by atoms with Crippen molar-refractivity contribution >= 4 is 65.0 Å². The Morgan fingerprint density at radius 3 is 2.58 bits per heavy atom. The standard InChI is InChI=1S/C11H6Br3N3O2/c12-6-1-2-8(14)9(3-6)16-11-10(17(18)19)4-7(13)5-15-11/h1-5H,(H,15,16). The monoisotopic (exact) mass is 449 g/mol. The number of hydrogen-bond donors (Lipinski definition) is 1. The predicted molar refractivity (Wildman–Crippen MR) is 83.7 cm³/mol. The molecular formula is C11H6Br3N3O2. The number of anilines is 2. The summed E-state index contributed by atoms with van der Waals surface area (Å²) in [5.74, 6) is 0.187. The van der Waals surface area contributed by atoms with E-state index in [1.54, 1.807) is 6.07 Å². The second-order valence-electron chi connectivity index (χ2n) is 3.53. The van der Waals surface area contributed by atoms with E-state index < -0.39 is 4.92 Å². The van der Waals surface area contributed by atoms with Crippen molar-refractivity contribution in [3.63, 3.8) is 0 Å². The molecule has 0 amide bonds. The van der Waals surface area contributed by atoms with Crippen LogP contribution in [0, 0.1) is 10.1 Å². The molecule has 19 heavy (non-hydrogen) atoms. The predicted octanol–water partition coefficient (Wildman–Crippen LogP) is 5.02. The number of nitro groups is 1. The lowest BCUT2D eigenvalue weighted by molar-refractivity contribution is -0.384. The summed E-state index contributed by atoms with van der Waals surface area (Å²) in [5.41, 5.74) is 0.591. The molecule has 0 atom stereocenters. The summed E-state index contributed by atoms with van der Waals surface area (Å²) in [6, 6.07) is 6.90. The van der Waals surface area contributed by atoms with Crippen molar-refractivity contribution in [2.45, 2.75) is 0 Å². The fourth-order valence-corrected chi connectivity index (χ4v) is 2.41. The molecule has 2 aromatic rings. The van der Waals surface area contributed by atoms with E-state index in [1.165, 1.54) is 12.3 Å². The molecule has 0 aliphatic heterocycles. The smallest absolute Gasteiger partial charge is 0.312 e. The molecule has 0 aliphatic rings. The van der Waals surface area contributed by atoms with Crippen LogP contribution in [0.4, 0.5) is 17.2 Å². The lowest BCUT2D eigenvalue weighted by atomic mass is 10.3. The van der Waals surface area contributed by atoms with Gasteiger partial charge < -0.3 is 5.32 Å². The van der Waals surface area contributed by atoms with Crippen LogP contribution in [0.1, 0.15) is 0 Å². The molecule has 1 aromatic heterocycles. The zero-order valence-corrected chi connectivity index (χ0v) is 14.0. The molecule has 0 aliphatic carbocycles. The lowest BCUT2D eigenvalue weighted by Gasteiger charge is -2.08. The van der Waals surface area contributed by atoms with Crippen molar-refractivity contribution in [3.05, 3.63) is 54.0 Å². The van der Waals surface area contributed by atoms with E-state index in [2.05, 4.69) is 58.1 Å². The van der Waals surface area contributed by atoms with Crippen molar-refractivity contribution in [1.29, 1.82) is 0 Å². The first kappa shape index (κ1) is 14.4. The number of nitrogens with one attached hydrogen (secondary N) is 1. The van der Waals surface area contributed by atoms with E-state index in [0.29, 0.717) is 10.2 Å². The molecule has 8 heteroatoms. The summed E-state index contributed by atoms with van der Waals surface area (Å²) in [4.78, 5) is 14.5. The largest absolute Gasteiger partial charge is 0.333 e. The van der Waals surface area contributed by atoms with Crippen molar-refractivity contribution in [2.75, 3.05) is 5.32 Å². The van der Waals surface area contributed by atoms with Crippen molar-refractivity contribution < 1.29 is 4.92 Å². The molecule has 0 saturated heterocycles. The number of rotatable bonds is 3. The van der Waals surface area contributed by atoms with E-state index in [1.807, 2.05) is 12.1 Å². The van der Waals surface area contributed by atoms with Crippen molar-refractivity contribution in [3.8, 4) is 0 Å². The second kappa shape index (κ2) is 5.98. The highest BCUT2D eigenvalue weighted by molar-refractivity contribution is 9.11. The third kappa shape index (κ3) is 3.52. The van der Waals surface area contributed by atoms with Gasteiger partial charge in [-0.15, -0.1) is 0 Å². The maximum Gasteiger partial charge on any atom is 0.312 e. The van der Waals surface area contributed by atoms with Gasteiger partial charge in [-0.1, -0.05) is 15.9 Å². The van der Waals surface area contributed by atoms with Crippen LogP contribution in [0.5, 0.6) is 0 Å². The fraction of sp³-hybridized carbons (Fsp3) is 0. The van der Waals surface area contributed by atoms with E-state index in [0.717, 1.165) is 8.95 Å². The van der Waals surface area contributed by atoms with Gasteiger partial charge in [0.05, 0.1) is 10.6 Å². The molecule has 0 spiro atoms. The Kier molecular flexibility index (Phi) is 4.54. The summed E-state index contributed by atoms with van der Waals surface area (Å²) < 4.78 is 2.20. The van der Waals surface area contributed by atoms with E-state index in [-0.39, 0.29) is 11.5 Å². The average molecular weight is 452 g/mol. The summed E-state index contributed by atoms with van der Waals surface area (Å²) in [7, 11) is 0. The van der Waals surface area contributed by atoms with E-state index in [9.17, 15) is 10.1 Å². The number of aromatic nitrogens is 1. The Labute approximate surface area is 134 Å². The molecular weight excluding hydrogens is 446 g/mol. The molecule has 5 nitrogen and oxygen atoms in total. The van der Waals surface area contributed by atoms with Crippen LogP contribution in [-0.2, 0) is 0 Å². The van der Waals surface area contributed by atoms with Crippen molar-refractivity contribution in [2.24, 2.45) is 0 Å². The summed E-state index contributed by atoms with van der Waals surface area (Å²) in [5, 5.41) is 13.9. The first-order valence-electron chi connectivity index (χ1n) is 4.99. The van der Waals surface area contributed by atoms with Gasteiger partial charge in [0.25, 0.3) is 0 Å². The maximum atomic E-state index is 11.0. The number of pyridine rings is 1. The Balaban J connectivity index is 2.43. The first-order chi connectivity index (χ1) is 8.97. The Morgan fingerprint density at radius 2 is 1.89 bits per heavy atom. The highest BCUT2D eigenvalue weighted by Crippen LogP contribution is 2.32. The average Bonchev–Trinajstić information content (AvgIpc) is 2.35. The molecule has 1 aromatic carbocycles. The number of halogens is 3. The molecule has 1 heterocycles. The van der Waals surface area contributed by atoms with Gasteiger partial charge in [-0.3, -0.25) is 10.1 Å². The normalized spacial score (nSPS) is 10.3. The SMILES string of the molecule is O=[N+]([O-])c1cc(Br)cnc1Nc1cc(Br)ccc1Br. The molecule has 0 fully saturated rings. The molecule has 2 rings (SSSR count). The molecule has 0 bridgehead atoms. The molecule has 0 unspecified atom stereocenters. The van der Waals surface area contributed by atoms with E-state index in [4.69, 9.17) is 0 Å². The minimum absolute atomic E-state index is 0.0961. The number of benzene rings is 1. The van der Waals surface area contributed by atoms with Gasteiger partial charge in [-0.25, -0.2) is 4.98 Å². The molecule has 1 N–H and O–H groups in total. The first-order valence-corrected chi connectivity index (χ1v) is 7.37. The van der Waals surface area contributed by atoms with Crippen LogP contribution >= 0.6 is 47.8 Å². The quantitative estimate of drug-likeness (QED) is 0.525. The van der Waals surface area contributed by atoms with Gasteiger partial charge in [0.2, 0.25) is 5.82 Å². The Hall–Kier alpha value is -0.990. The van der Waals surface area contributed by atoms with Gasteiger partial charge in [0.15, 0.2) is 0 Å². The molecule has 0 saturated carbocycles. The highest BCUT2D eigenvalue weighted by Gasteiger charge is 2.16. The van der Waals surface area contributed by atoms with Gasteiger partial charge in [-0.2, -0.15) is 0 Å². The van der Waals surface area contributed by atoms with Gasteiger partial charge in [0.1, 0.15) is 0 Å². The Bertz CT molecular complexity index is 649. The zero-order valence-electron chi connectivity index (χ0n) is 9.23. The number of nitrogens with zero attached hydrogens (tertiary/aromatic N) is 2. The van der Waals surface area contributed by atoms with Crippen LogP contribution in [0.2, 0.25) is 0 Å². The third-order valence-corrected chi connectivity index (χ3v) is 3.83. The van der Waals surface area contributed by atoms with Crippen LogP contribution in [0.15, 0.2) is 43.9 Å². The van der Waals surface area contributed by atoms with Crippen LogP contribution in [-0.4, -0.2) is 9.91 Å². The number of hydrogen-bond acceptors (Lipinski definition) is 4.